The smallest absolute Gasteiger partial charge is 0.266 e. The predicted octanol–water partition coefficient (Wildman–Crippen LogP) is 3.93. The topological polar surface area (TPSA) is 59.0 Å². The lowest BCUT2D eigenvalue weighted by Crippen LogP contribution is -2.35. The molecule has 1 aromatic rings. The van der Waals surface area contributed by atoms with Crippen molar-refractivity contribution in [1.82, 2.24) is 4.90 Å². The molecule has 1 N–H and O–H groups in total. The second-order valence-corrected chi connectivity index (χ2v) is 8.24. The molecule has 0 unspecified atom stereocenters. The van der Waals surface area contributed by atoms with E-state index in [4.69, 9.17) is 21.7 Å². The summed E-state index contributed by atoms with van der Waals surface area (Å²) >= 11 is 9.95. The molecule has 0 aromatic heterocycles. The van der Waals surface area contributed by atoms with Crippen molar-refractivity contribution in [2.75, 3.05) is 19.8 Å². The standard InChI is InChI=1S/C17H18BrNO4S2/c1-2-22-13-7-10(6-12(18)15(13)20)8-14-16(21)19(17(24)25-14)9-11-4-3-5-23-11/h6-8,11,20H,2-5,9H2,1H3/b14-8-/t11-/m1/s1. The molecule has 2 saturated heterocycles. The molecule has 2 fully saturated rings. The van der Waals surface area contributed by atoms with Gasteiger partial charge in [-0.2, -0.15) is 0 Å². The van der Waals surface area contributed by atoms with Gasteiger partial charge in [0.15, 0.2) is 11.5 Å². The van der Waals surface area contributed by atoms with Gasteiger partial charge in [-0.05, 0) is 59.5 Å². The van der Waals surface area contributed by atoms with Crippen molar-refractivity contribution < 1.29 is 19.4 Å². The lowest BCUT2D eigenvalue weighted by atomic mass is 10.1. The van der Waals surface area contributed by atoms with Gasteiger partial charge in [0.05, 0.1) is 28.6 Å². The summed E-state index contributed by atoms with van der Waals surface area (Å²) in [5.74, 6) is 0.315. The van der Waals surface area contributed by atoms with E-state index in [0.29, 0.717) is 32.6 Å². The maximum atomic E-state index is 12.7. The monoisotopic (exact) mass is 443 g/mol. The van der Waals surface area contributed by atoms with Gasteiger partial charge in [0.2, 0.25) is 0 Å². The van der Waals surface area contributed by atoms with Gasteiger partial charge in [-0.25, -0.2) is 0 Å². The maximum Gasteiger partial charge on any atom is 0.266 e. The number of carbonyl (C=O) groups excluding carboxylic acids is 1. The fraction of sp³-hybridized carbons (Fsp3) is 0.412. The van der Waals surface area contributed by atoms with Gasteiger partial charge in [0.25, 0.3) is 5.91 Å². The highest BCUT2D eigenvalue weighted by molar-refractivity contribution is 9.10. The van der Waals surface area contributed by atoms with Gasteiger partial charge in [-0.15, -0.1) is 0 Å². The molecule has 3 rings (SSSR count). The van der Waals surface area contributed by atoms with Crippen LogP contribution >= 0.6 is 39.9 Å². The molecule has 0 aliphatic carbocycles. The SMILES string of the molecule is CCOc1cc(/C=C2\SC(=S)N(C[C@H]3CCCO3)C2=O)cc(Br)c1O. The molecule has 134 valence electrons. The molecule has 2 heterocycles. The van der Waals surface area contributed by atoms with E-state index in [9.17, 15) is 9.90 Å². The lowest BCUT2D eigenvalue weighted by Gasteiger charge is -2.18. The Morgan fingerprint density at radius 1 is 1.56 bits per heavy atom. The predicted molar refractivity (Wildman–Crippen MR) is 106 cm³/mol. The van der Waals surface area contributed by atoms with Crippen molar-refractivity contribution in [1.29, 1.82) is 0 Å². The van der Waals surface area contributed by atoms with E-state index >= 15 is 0 Å². The average molecular weight is 444 g/mol. The fourth-order valence-electron chi connectivity index (χ4n) is 2.74. The number of aromatic hydroxyl groups is 1. The minimum absolute atomic E-state index is 0.0462. The highest BCUT2D eigenvalue weighted by Crippen LogP contribution is 2.38. The third-order valence-corrected chi connectivity index (χ3v) is 5.91. The minimum Gasteiger partial charge on any atom is -0.503 e. The Kier molecular flexibility index (Phi) is 6.04. The Bertz CT molecular complexity index is 732. The molecule has 1 atom stereocenters. The Morgan fingerprint density at radius 2 is 2.36 bits per heavy atom. The molecule has 0 spiro atoms. The normalized spacial score (nSPS) is 22.2. The number of carbonyl (C=O) groups is 1. The quantitative estimate of drug-likeness (QED) is 0.549. The van der Waals surface area contributed by atoms with Gasteiger partial charge in [0, 0.05) is 6.61 Å². The number of hydrogen-bond donors (Lipinski definition) is 1. The van der Waals surface area contributed by atoms with Crippen molar-refractivity contribution in [3.8, 4) is 11.5 Å². The van der Waals surface area contributed by atoms with Crippen LogP contribution in [0.4, 0.5) is 0 Å². The Hall–Kier alpha value is -1.09. The van der Waals surface area contributed by atoms with Crippen molar-refractivity contribution >= 4 is 56.2 Å². The molecule has 2 aliphatic rings. The Balaban J connectivity index is 1.81. The van der Waals surface area contributed by atoms with Gasteiger partial charge in [-0.3, -0.25) is 9.69 Å². The average Bonchev–Trinajstić information content (AvgIpc) is 3.17. The summed E-state index contributed by atoms with van der Waals surface area (Å²) in [5.41, 5.74) is 0.755. The number of halogens is 1. The third kappa shape index (κ3) is 4.19. The first-order valence-corrected chi connectivity index (χ1v) is 10.0. The number of phenols is 1. The van der Waals surface area contributed by atoms with Crippen LogP contribution < -0.4 is 4.74 Å². The Morgan fingerprint density at radius 3 is 3.04 bits per heavy atom. The van der Waals surface area contributed by atoms with Crippen molar-refractivity contribution in [3.63, 3.8) is 0 Å². The first-order chi connectivity index (χ1) is 12.0. The highest BCUT2D eigenvalue weighted by Gasteiger charge is 2.34. The number of benzene rings is 1. The minimum atomic E-state index is -0.104. The van der Waals surface area contributed by atoms with Crippen LogP contribution in [0.1, 0.15) is 25.3 Å². The molecule has 1 aromatic carbocycles. The van der Waals surface area contributed by atoms with E-state index in [0.717, 1.165) is 25.0 Å². The van der Waals surface area contributed by atoms with Gasteiger partial charge in [-0.1, -0.05) is 24.0 Å². The molecule has 0 radical (unpaired) electrons. The van der Waals surface area contributed by atoms with E-state index in [1.54, 1.807) is 23.1 Å². The molecule has 5 nitrogen and oxygen atoms in total. The largest absolute Gasteiger partial charge is 0.503 e. The number of rotatable bonds is 5. The number of thioether (sulfide) groups is 1. The summed E-state index contributed by atoms with van der Waals surface area (Å²) in [7, 11) is 0. The van der Waals surface area contributed by atoms with Crippen molar-refractivity contribution in [2.24, 2.45) is 0 Å². The van der Waals surface area contributed by atoms with Crippen LogP contribution in [0.15, 0.2) is 21.5 Å². The van der Waals surface area contributed by atoms with Crippen LogP contribution in [0.5, 0.6) is 11.5 Å². The number of phenolic OH excluding ortho intramolecular Hbond substituents is 1. The van der Waals surface area contributed by atoms with Crippen LogP contribution in [-0.2, 0) is 9.53 Å². The summed E-state index contributed by atoms with van der Waals surface area (Å²) < 4.78 is 12.1. The van der Waals surface area contributed by atoms with Crippen molar-refractivity contribution in [2.45, 2.75) is 25.9 Å². The van der Waals surface area contributed by atoms with E-state index in [1.807, 2.05) is 6.92 Å². The van der Waals surface area contributed by atoms with Crippen LogP contribution in [-0.4, -0.2) is 46.1 Å². The van der Waals surface area contributed by atoms with Gasteiger partial charge < -0.3 is 14.6 Å². The molecule has 0 bridgehead atoms. The van der Waals surface area contributed by atoms with Gasteiger partial charge >= 0.3 is 0 Å². The van der Waals surface area contributed by atoms with Gasteiger partial charge in [0.1, 0.15) is 4.32 Å². The second kappa shape index (κ2) is 8.07. The first kappa shape index (κ1) is 18.7. The van der Waals surface area contributed by atoms with E-state index in [2.05, 4.69) is 15.9 Å². The molecule has 0 saturated carbocycles. The zero-order valence-electron chi connectivity index (χ0n) is 13.7. The number of nitrogens with zero attached hydrogens (tertiary/aromatic N) is 1. The second-order valence-electron chi connectivity index (χ2n) is 5.71. The molecule has 1 amide bonds. The third-order valence-electron chi connectivity index (χ3n) is 3.93. The summed E-state index contributed by atoms with van der Waals surface area (Å²) in [6.45, 7) is 3.53. The number of hydrogen-bond acceptors (Lipinski definition) is 6. The number of thiocarbonyl (C=S) groups is 1. The van der Waals surface area contributed by atoms with Crippen LogP contribution in [0.25, 0.3) is 6.08 Å². The molecule has 8 heteroatoms. The van der Waals surface area contributed by atoms with E-state index in [-0.39, 0.29) is 17.8 Å². The molecular weight excluding hydrogens is 426 g/mol. The number of ether oxygens (including phenoxy) is 2. The van der Waals surface area contributed by atoms with Crippen LogP contribution in [0, 0.1) is 0 Å². The lowest BCUT2D eigenvalue weighted by molar-refractivity contribution is -0.123. The van der Waals surface area contributed by atoms with Crippen LogP contribution in [0.2, 0.25) is 0 Å². The first-order valence-electron chi connectivity index (χ1n) is 8.02. The van der Waals surface area contributed by atoms with Crippen molar-refractivity contribution in [3.05, 3.63) is 27.1 Å². The molecular formula is C17H18BrNO4S2. The fourth-order valence-corrected chi connectivity index (χ4v) is 4.48. The summed E-state index contributed by atoms with van der Waals surface area (Å²) in [4.78, 5) is 14.8. The van der Waals surface area contributed by atoms with E-state index in [1.165, 1.54) is 11.8 Å². The zero-order chi connectivity index (χ0) is 18.0. The highest BCUT2D eigenvalue weighted by atomic mass is 79.9. The summed E-state index contributed by atoms with van der Waals surface area (Å²) in [6.07, 6.45) is 3.81. The molecule has 25 heavy (non-hydrogen) atoms. The zero-order valence-corrected chi connectivity index (χ0v) is 16.9. The maximum absolute atomic E-state index is 12.7. The Labute approximate surface area is 164 Å². The molecule has 2 aliphatic heterocycles. The van der Waals surface area contributed by atoms with E-state index < -0.39 is 0 Å². The summed E-state index contributed by atoms with van der Waals surface area (Å²) in [6, 6.07) is 3.45. The summed E-state index contributed by atoms with van der Waals surface area (Å²) in [5, 5.41) is 10.0. The number of amides is 1. The van der Waals surface area contributed by atoms with Crippen LogP contribution in [0.3, 0.4) is 0 Å².